The molecule has 0 saturated carbocycles. The summed E-state index contributed by atoms with van der Waals surface area (Å²) in [6, 6.07) is 6.44. The number of aromatic nitrogens is 1. The Hall–Kier alpha value is -1.28. The van der Waals surface area contributed by atoms with Gasteiger partial charge < -0.3 is 5.11 Å². The molecule has 1 N–H and O–H groups in total. The van der Waals surface area contributed by atoms with Crippen molar-refractivity contribution in [2.75, 3.05) is 14.1 Å². The highest BCUT2D eigenvalue weighted by Crippen LogP contribution is 2.30. The van der Waals surface area contributed by atoms with Crippen LogP contribution < -0.4 is 0 Å². The largest absolute Gasteiger partial charge is 0.381 e. The Labute approximate surface area is 122 Å². The van der Waals surface area contributed by atoms with Gasteiger partial charge in [0.1, 0.15) is 11.1 Å². The summed E-state index contributed by atoms with van der Waals surface area (Å²) >= 11 is 1.31. The molecular weight excluding hydrogens is 296 g/mol. The van der Waals surface area contributed by atoms with Gasteiger partial charge in [0, 0.05) is 30.7 Å². The fourth-order valence-electron chi connectivity index (χ4n) is 1.77. The van der Waals surface area contributed by atoms with Crippen LogP contribution in [0.5, 0.6) is 0 Å². The molecule has 0 amide bonds. The van der Waals surface area contributed by atoms with Crippen molar-refractivity contribution in [1.29, 1.82) is 0 Å². The molecule has 0 bridgehead atoms. The number of rotatable bonds is 4. The molecule has 5 nitrogen and oxygen atoms in total. The summed E-state index contributed by atoms with van der Waals surface area (Å²) in [7, 11) is -0.675. The Bertz CT molecular complexity index is 708. The van der Waals surface area contributed by atoms with E-state index in [1.165, 1.54) is 31.5 Å². The van der Waals surface area contributed by atoms with Crippen LogP contribution >= 0.6 is 11.3 Å². The molecule has 0 saturated heterocycles. The van der Waals surface area contributed by atoms with E-state index in [0.717, 1.165) is 10.00 Å². The van der Waals surface area contributed by atoms with E-state index in [1.807, 2.05) is 12.3 Å². The van der Waals surface area contributed by atoms with Crippen molar-refractivity contribution in [1.82, 2.24) is 9.29 Å². The van der Waals surface area contributed by atoms with Crippen molar-refractivity contribution in [2.45, 2.75) is 17.9 Å². The van der Waals surface area contributed by atoms with Crippen LogP contribution in [-0.2, 0) is 10.0 Å². The van der Waals surface area contributed by atoms with Crippen LogP contribution in [0.25, 0.3) is 0 Å². The summed E-state index contributed by atoms with van der Waals surface area (Å²) in [5, 5.41) is 12.7. The Morgan fingerprint density at radius 3 is 2.50 bits per heavy atom. The zero-order valence-corrected chi connectivity index (χ0v) is 13.1. The van der Waals surface area contributed by atoms with Crippen LogP contribution in [0.4, 0.5) is 0 Å². The van der Waals surface area contributed by atoms with Crippen molar-refractivity contribution in [3.05, 3.63) is 45.9 Å². The highest BCUT2D eigenvalue weighted by atomic mass is 32.2. The molecule has 0 fully saturated rings. The quantitative estimate of drug-likeness (QED) is 0.934. The number of hydrogen-bond donors (Lipinski definition) is 1. The molecule has 1 atom stereocenters. The lowest BCUT2D eigenvalue weighted by Gasteiger charge is -2.17. The SMILES string of the molecule is Cc1csc(C(O)c2ccccc2S(=O)(=O)N(C)C)n1. The third kappa shape index (κ3) is 2.76. The number of aryl methyl sites for hydroxylation is 1. The second-order valence-corrected chi connectivity index (χ2v) is 7.56. The summed E-state index contributed by atoms with van der Waals surface area (Å²) in [6.07, 6.45) is -1.04. The number of benzene rings is 1. The number of thiazole rings is 1. The molecule has 108 valence electrons. The number of aliphatic hydroxyl groups is 1. The van der Waals surface area contributed by atoms with E-state index in [2.05, 4.69) is 4.98 Å². The second kappa shape index (κ2) is 5.61. The maximum Gasteiger partial charge on any atom is 0.242 e. The first-order valence-electron chi connectivity index (χ1n) is 5.95. The van der Waals surface area contributed by atoms with Crippen molar-refractivity contribution in [3.63, 3.8) is 0 Å². The Balaban J connectivity index is 2.53. The summed E-state index contributed by atoms with van der Waals surface area (Å²) in [5.41, 5.74) is 1.15. The smallest absolute Gasteiger partial charge is 0.242 e. The lowest BCUT2D eigenvalue weighted by molar-refractivity contribution is 0.216. The molecule has 2 rings (SSSR count). The average Bonchev–Trinajstić information content (AvgIpc) is 2.84. The molecule has 0 aliphatic rings. The highest BCUT2D eigenvalue weighted by Gasteiger charge is 2.26. The predicted octanol–water partition coefficient (Wildman–Crippen LogP) is 1.78. The van der Waals surface area contributed by atoms with Crippen LogP contribution in [0.2, 0.25) is 0 Å². The molecule has 7 heteroatoms. The third-order valence-corrected chi connectivity index (χ3v) is 5.75. The van der Waals surface area contributed by atoms with Gasteiger partial charge in [-0.05, 0) is 13.0 Å². The Morgan fingerprint density at radius 2 is 1.95 bits per heavy atom. The van der Waals surface area contributed by atoms with E-state index in [9.17, 15) is 13.5 Å². The fourth-order valence-corrected chi connectivity index (χ4v) is 3.69. The van der Waals surface area contributed by atoms with Crippen molar-refractivity contribution in [3.8, 4) is 0 Å². The lowest BCUT2D eigenvalue weighted by Crippen LogP contribution is -2.24. The minimum Gasteiger partial charge on any atom is -0.381 e. The zero-order valence-electron chi connectivity index (χ0n) is 11.4. The van der Waals surface area contributed by atoms with Gasteiger partial charge in [-0.15, -0.1) is 11.3 Å². The van der Waals surface area contributed by atoms with Gasteiger partial charge >= 0.3 is 0 Å². The van der Waals surface area contributed by atoms with Gasteiger partial charge in [0.25, 0.3) is 0 Å². The molecule has 2 aromatic rings. The van der Waals surface area contributed by atoms with Gasteiger partial charge in [-0.3, -0.25) is 0 Å². The molecule has 0 radical (unpaired) electrons. The summed E-state index contributed by atoms with van der Waals surface area (Å²) < 4.78 is 25.7. The van der Waals surface area contributed by atoms with E-state index in [-0.39, 0.29) is 4.90 Å². The van der Waals surface area contributed by atoms with Gasteiger partial charge in [-0.2, -0.15) is 0 Å². The third-order valence-electron chi connectivity index (χ3n) is 2.84. The molecule has 0 aliphatic heterocycles. The number of aliphatic hydroxyl groups excluding tert-OH is 1. The first-order valence-corrected chi connectivity index (χ1v) is 8.27. The van der Waals surface area contributed by atoms with Crippen molar-refractivity contribution >= 4 is 21.4 Å². The van der Waals surface area contributed by atoms with Gasteiger partial charge in [0.2, 0.25) is 10.0 Å². The second-order valence-electron chi connectivity index (χ2n) is 4.55. The van der Waals surface area contributed by atoms with Crippen LogP contribution in [-0.4, -0.2) is 36.9 Å². The summed E-state index contributed by atoms with van der Waals surface area (Å²) in [6.45, 7) is 1.83. The van der Waals surface area contributed by atoms with Crippen molar-refractivity contribution < 1.29 is 13.5 Å². The first-order chi connectivity index (χ1) is 9.34. The van der Waals surface area contributed by atoms with E-state index in [1.54, 1.807) is 18.2 Å². The van der Waals surface area contributed by atoms with Crippen LogP contribution in [0.1, 0.15) is 22.4 Å². The van der Waals surface area contributed by atoms with E-state index in [0.29, 0.717) is 10.6 Å². The topological polar surface area (TPSA) is 70.5 Å². The van der Waals surface area contributed by atoms with E-state index in [4.69, 9.17) is 0 Å². The number of sulfonamides is 1. The van der Waals surface area contributed by atoms with Gasteiger partial charge in [-0.25, -0.2) is 17.7 Å². The fraction of sp³-hybridized carbons (Fsp3) is 0.308. The molecule has 0 aliphatic carbocycles. The minimum atomic E-state index is -3.60. The molecule has 1 unspecified atom stereocenters. The standard InChI is InChI=1S/C13H16N2O3S2/c1-9-8-19-13(14-9)12(16)10-6-4-5-7-11(10)20(17,18)15(2)3/h4-8,12,16H,1-3H3. The molecular formula is C13H16N2O3S2. The summed E-state index contributed by atoms with van der Waals surface area (Å²) in [4.78, 5) is 4.32. The monoisotopic (exact) mass is 312 g/mol. The van der Waals surface area contributed by atoms with Gasteiger partial charge in [0.05, 0.1) is 4.90 Å². The van der Waals surface area contributed by atoms with Gasteiger partial charge in [0.15, 0.2) is 0 Å². The molecule has 0 spiro atoms. The lowest BCUT2D eigenvalue weighted by atomic mass is 10.1. The Kier molecular flexibility index (Phi) is 4.24. The maximum atomic E-state index is 12.3. The van der Waals surface area contributed by atoms with E-state index >= 15 is 0 Å². The first kappa shape index (κ1) is 15.1. The van der Waals surface area contributed by atoms with Gasteiger partial charge in [-0.1, -0.05) is 18.2 Å². The maximum absolute atomic E-state index is 12.3. The van der Waals surface area contributed by atoms with Crippen molar-refractivity contribution in [2.24, 2.45) is 0 Å². The van der Waals surface area contributed by atoms with Crippen LogP contribution in [0, 0.1) is 6.92 Å². The molecule has 1 aromatic carbocycles. The van der Waals surface area contributed by atoms with Crippen LogP contribution in [0.15, 0.2) is 34.5 Å². The van der Waals surface area contributed by atoms with Crippen LogP contribution in [0.3, 0.4) is 0 Å². The normalized spacial score (nSPS) is 13.7. The highest BCUT2D eigenvalue weighted by molar-refractivity contribution is 7.89. The van der Waals surface area contributed by atoms with E-state index < -0.39 is 16.1 Å². The number of nitrogens with zero attached hydrogens (tertiary/aromatic N) is 2. The molecule has 1 heterocycles. The molecule has 20 heavy (non-hydrogen) atoms. The number of hydrogen-bond acceptors (Lipinski definition) is 5. The molecule has 1 aromatic heterocycles. The predicted molar refractivity (Wildman–Crippen MR) is 78.2 cm³/mol. The Morgan fingerprint density at radius 1 is 1.30 bits per heavy atom. The zero-order chi connectivity index (χ0) is 14.9. The average molecular weight is 312 g/mol. The minimum absolute atomic E-state index is 0.102. The summed E-state index contributed by atoms with van der Waals surface area (Å²) in [5.74, 6) is 0.